The monoisotopic (exact) mass is 555 g/mol. The predicted octanol–water partition coefficient (Wildman–Crippen LogP) is 4.27. The van der Waals surface area contributed by atoms with E-state index < -0.39 is 41.7 Å². The van der Waals surface area contributed by atoms with E-state index in [0.717, 1.165) is 11.1 Å². The van der Waals surface area contributed by atoms with Crippen molar-refractivity contribution in [2.45, 2.75) is 77.7 Å². The fraction of sp³-hybridized carbons (Fsp3) is 0.467. The predicted molar refractivity (Wildman–Crippen MR) is 150 cm³/mol. The summed E-state index contributed by atoms with van der Waals surface area (Å²) in [6, 6.07) is 16.5. The topological polar surface area (TPSA) is 132 Å². The highest BCUT2D eigenvalue weighted by Crippen LogP contribution is 2.09. The second kappa shape index (κ2) is 16.8. The summed E-state index contributed by atoms with van der Waals surface area (Å²) in [6.07, 6.45) is 0.235. The second-order valence-corrected chi connectivity index (χ2v) is 10.2. The number of hydrogen-bond acceptors (Lipinski definition) is 7. The number of nitrogens with one attached hydrogen (secondary N) is 3. The van der Waals surface area contributed by atoms with Crippen LogP contribution >= 0.6 is 0 Å². The molecule has 0 aromatic heterocycles. The van der Waals surface area contributed by atoms with Crippen LogP contribution in [-0.2, 0) is 36.8 Å². The first-order valence-electron chi connectivity index (χ1n) is 13.5. The van der Waals surface area contributed by atoms with Gasteiger partial charge in [0.2, 0.25) is 5.91 Å². The number of unbranched alkanes of at least 4 members (excludes halogenated alkanes) is 1. The van der Waals surface area contributed by atoms with Crippen molar-refractivity contribution in [2.24, 2.45) is 0 Å². The molecule has 0 unspecified atom stereocenters. The Morgan fingerprint density at radius 1 is 0.775 bits per heavy atom. The molecule has 10 heteroatoms. The summed E-state index contributed by atoms with van der Waals surface area (Å²) < 4.78 is 15.7. The fourth-order valence-electron chi connectivity index (χ4n) is 3.71. The Hall–Kier alpha value is -4.08. The van der Waals surface area contributed by atoms with E-state index in [2.05, 4.69) is 16.0 Å². The van der Waals surface area contributed by atoms with Crippen LogP contribution in [0.15, 0.2) is 60.7 Å². The number of ether oxygens (including phenoxy) is 3. The Morgan fingerprint density at radius 2 is 1.40 bits per heavy atom. The minimum atomic E-state index is -0.975. The number of carbonyl (C=O) groups is 4. The molecular formula is C30H41N3O7. The Bertz CT molecular complexity index is 1070. The number of esters is 1. The van der Waals surface area contributed by atoms with Gasteiger partial charge < -0.3 is 30.2 Å². The average molecular weight is 556 g/mol. The van der Waals surface area contributed by atoms with Crippen molar-refractivity contribution in [1.29, 1.82) is 0 Å². The van der Waals surface area contributed by atoms with Crippen LogP contribution in [0.5, 0.6) is 0 Å². The second-order valence-electron chi connectivity index (χ2n) is 10.2. The van der Waals surface area contributed by atoms with E-state index in [1.165, 1.54) is 0 Å². The summed E-state index contributed by atoms with van der Waals surface area (Å²) in [4.78, 5) is 50.4. The van der Waals surface area contributed by atoms with Gasteiger partial charge in [-0.1, -0.05) is 60.7 Å². The lowest BCUT2D eigenvalue weighted by molar-refractivity contribution is -0.147. The zero-order valence-corrected chi connectivity index (χ0v) is 23.7. The molecular weight excluding hydrogens is 514 g/mol. The molecule has 3 N–H and O–H groups in total. The van der Waals surface area contributed by atoms with E-state index in [0.29, 0.717) is 19.4 Å². The molecule has 2 atom stereocenters. The Kier molecular flexibility index (Phi) is 13.5. The van der Waals surface area contributed by atoms with Gasteiger partial charge in [0.05, 0.1) is 6.61 Å². The molecule has 0 spiro atoms. The zero-order chi connectivity index (χ0) is 29.4. The molecule has 0 aliphatic rings. The van der Waals surface area contributed by atoms with Crippen molar-refractivity contribution in [3.05, 3.63) is 71.8 Å². The van der Waals surface area contributed by atoms with Gasteiger partial charge in [-0.2, -0.15) is 0 Å². The molecule has 2 aromatic rings. The Balaban J connectivity index is 2.02. The summed E-state index contributed by atoms with van der Waals surface area (Å²) in [5.74, 6) is -1.10. The van der Waals surface area contributed by atoms with Crippen molar-refractivity contribution in [3.63, 3.8) is 0 Å². The normalized spacial score (nSPS) is 12.4. The van der Waals surface area contributed by atoms with Crippen molar-refractivity contribution >= 4 is 24.1 Å². The quantitative estimate of drug-likeness (QED) is 0.180. The van der Waals surface area contributed by atoms with Crippen molar-refractivity contribution in [2.75, 3.05) is 13.2 Å². The third kappa shape index (κ3) is 13.1. The maximum Gasteiger partial charge on any atom is 0.408 e. The first kappa shape index (κ1) is 32.1. The first-order valence-corrected chi connectivity index (χ1v) is 13.5. The van der Waals surface area contributed by atoms with Gasteiger partial charge in [0.15, 0.2) is 0 Å². The highest BCUT2D eigenvalue weighted by atomic mass is 16.6. The van der Waals surface area contributed by atoms with E-state index >= 15 is 0 Å². The van der Waals surface area contributed by atoms with E-state index in [4.69, 9.17) is 14.2 Å². The molecule has 0 bridgehead atoms. The number of rotatable bonds is 14. The maximum atomic E-state index is 13.3. The largest absolute Gasteiger partial charge is 0.464 e. The lowest BCUT2D eigenvalue weighted by atomic mass is 10.0. The minimum absolute atomic E-state index is 0.0419. The van der Waals surface area contributed by atoms with E-state index in [1.807, 2.05) is 60.7 Å². The molecule has 0 radical (unpaired) electrons. The highest BCUT2D eigenvalue weighted by Gasteiger charge is 2.28. The lowest BCUT2D eigenvalue weighted by Gasteiger charge is -2.23. The molecule has 218 valence electrons. The molecule has 2 rings (SSSR count). The SMILES string of the molecule is CCOC(=O)[C@H](Cc1ccccc1)NC(=O)[C@H](CCCCNC(=O)OC(C)(C)C)NC(=O)OCc1ccccc1. The average Bonchev–Trinajstić information content (AvgIpc) is 2.91. The van der Waals surface area contributed by atoms with Crippen LogP contribution in [-0.4, -0.2) is 54.9 Å². The number of amides is 3. The molecule has 0 fully saturated rings. The van der Waals surface area contributed by atoms with Gasteiger partial charge in [-0.15, -0.1) is 0 Å². The van der Waals surface area contributed by atoms with Gasteiger partial charge in [-0.25, -0.2) is 14.4 Å². The lowest BCUT2D eigenvalue weighted by Crippen LogP contribution is -2.52. The highest BCUT2D eigenvalue weighted by molar-refractivity contribution is 5.89. The molecule has 3 amide bonds. The van der Waals surface area contributed by atoms with Gasteiger partial charge in [-0.3, -0.25) is 4.79 Å². The molecule has 0 saturated heterocycles. The van der Waals surface area contributed by atoms with Crippen LogP contribution in [0.3, 0.4) is 0 Å². The molecule has 0 aliphatic heterocycles. The van der Waals surface area contributed by atoms with Crippen LogP contribution in [0.25, 0.3) is 0 Å². The van der Waals surface area contributed by atoms with Crippen molar-refractivity contribution in [1.82, 2.24) is 16.0 Å². The van der Waals surface area contributed by atoms with Gasteiger partial charge >= 0.3 is 18.2 Å². The van der Waals surface area contributed by atoms with Gasteiger partial charge in [0.25, 0.3) is 0 Å². The van der Waals surface area contributed by atoms with Gasteiger partial charge in [0, 0.05) is 13.0 Å². The van der Waals surface area contributed by atoms with E-state index in [-0.39, 0.29) is 26.1 Å². The minimum Gasteiger partial charge on any atom is -0.464 e. The molecule has 10 nitrogen and oxygen atoms in total. The number of alkyl carbamates (subject to hydrolysis) is 2. The zero-order valence-electron chi connectivity index (χ0n) is 23.7. The maximum absolute atomic E-state index is 13.3. The first-order chi connectivity index (χ1) is 19.1. The van der Waals surface area contributed by atoms with Gasteiger partial charge in [0.1, 0.15) is 24.3 Å². The van der Waals surface area contributed by atoms with Crippen LogP contribution in [0.4, 0.5) is 9.59 Å². The van der Waals surface area contributed by atoms with Crippen LogP contribution in [0.1, 0.15) is 58.1 Å². The third-order valence-electron chi connectivity index (χ3n) is 5.58. The summed E-state index contributed by atoms with van der Waals surface area (Å²) in [6.45, 7) is 7.57. The Morgan fingerprint density at radius 3 is 2.00 bits per heavy atom. The van der Waals surface area contributed by atoms with Crippen molar-refractivity contribution in [3.8, 4) is 0 Å². The summed E-state index contributed by atoms with van der Waals surface area (Å²) in [7, 11) is 0. The molecule has 40 heavy (non-hydrogen) atoms. The number of benzene rings is 2. The smallest absolute Gasteiger partial charge is 0.408 e. The molecule has 0 aliphatic carbocycles. The molecule has 0 heterocycles. The van der Waals surface area contributed by atoms with E-state index in [9.17, 15) is 19.2 Å². The van der Waals surface area contributed by atoms with Crippen LogP contribution in [0, 0.1) is 0 Å². The van der Waals surface area contributed by atoms with E-state index in [1.54, 1.807) is 27.7 Å². The molecule has 0 saturated carbocycles. The Labute approximate surface area is 236 Å². The van der Waals surface area contributed by atoms with Crippen LogP contribution < -0.4 is 16.0 Å². The summed E-state index contributed by atoms with van der Waals surface area (Å²) in [5, 5.41) is 8.04. The third-order valence-corrected chi connectivity index (χ3v) is 5.58. The number of carbonyl (C=O) groups excluding carboxylic acids is 4. The summed E-state index contributed by atoms with van der Waals surface area (Å²) >= 11 is 0. The van der Waals surface area contributed by atoms with Gasteiger partial charge in [-0.05, 0) is 58.1 Å². The van der Waals surface area contributed by atoms with Crippen molar-refractivity contribution < 1.29 is 33.4 Å². The standard InChI is InChI=1S/C30H41N3O7/c1-5-38-27(35)25(20-22-14-8-6-9-15-22)32-26(34)24(18-12-13-19-31-28(36)40-30(2,3)4)33-29(37)39-21-23-16-10-7-11-17-23/h6-11,14-17,24-25H,5,12-13,18-21H2,1-4H3,(H,31,36)(H,32,34)(H,33,37)/t24-,25-/m0/s1. The number of hydrogen-bond donors (Lipinski definition) is 3. The summed E-state index contributed by atoms with van der Waals surface area (Å²) in [5.41, 5.74) is 1.05. The fourth-order valence-corrected chi connectivity index (χ4v) is 3.71. The molecule has 2 aromatic carbocycles. The van der Waals surface area contributed by atoms with Crippen LogP contribution in [0.2, 0.25) is 0 Å².